The summed E-state index contributed by atoms with van der Waals surface area (Å²) in [5.74, 6) is 0.0703. The van der Waals surface area contributed by atoms with Crippen molar-refractivity contribution in [2.24, 2.45) is 0 Å². The van der Waals surface area contributed by atoms with E-state index >= 15 is 0 Å². The van der Waals surface area contributed by atoms with Crippen LogP contribution in [0.25, 0.3) is 0 Å². The summed E-state index contributed by atoms with van der Waals surface area (Å²) >= 11 is 1.58. The molecule has 2 rings (SSSR count). The fraction of sp³-hybridized carbons (Fsp3) is 0.316. The molecule has 0 radical (unpaired) electrons. The van der Waals surface area contributed by atoms with Gasteiger partial charge in [-0.3, -0.25) is 4.79 Å². The first-order valence-corrected chi connectivity index (χ1v) is 8.59. The van der Waals surface area contributed by atoms with Crippen molar-refractivity contribution in [2.75, 3.05) is 0 Å². The van der Waals surface area contributed by atoms with Gasteiger partial charge < -0.3 is 5.32 Å². The second-order valence-electron chi connectivity index (χ2n) is 5.40. The zero-order valence-corrected chi connectivity index (χ0v) is 14.2. The Hall–Kier alpha value is -1.74. The van der Waals surface area contributed by atoms with Crippen molar-refractivity contribution in [2.45, 2.75) is 43.4 Å². The number of nitrogens with one attached hydrogen (secondary N) is 1. The molecule has 1 N–H and O–H groups in total. The van der Waals surface area contributed by atoms with E-state index in [1.54, 1.807) is 11.8 Å². The Bertz CT molecular complexity index is 595. The number of amides is 1. The molecule has 1 amide bonds. The molecule has 0 aromatic heterocycles. The molecule has 0 saturated heterocycles. The predicted molar refractivity (Wildman–Crippen MR) is 94.1 cm³/mol. The molecule has 2 aromatic rings. The van der Waals surface area contributed by atoms with E-state index in [4.69, 9.17) is 0 Å². The van der Waals surface area contributed by atoms with Crippen LogP contribution in [-0.2, 0) is 11.2 Å². The van der Waals surface area contributed by atoms with Gasteiger partial charge in [0.2, 0.25) is 5.91 Å². The number of aryl methyl sites for hydroxylation is 1. The Morgan fingerprint density at radius 1 is 1.05 bits per heavy atom. The highest BCUT2D eigenvalue weighted by atomic mass is 32.2. The lowest BCUT2D eigenvalue weighted by molar-refractivity contribution is -0.120. The summed E-state index contributed by atoms with van der Waals surface area (Å²) in [4.78, 5) is 13.4. The van der Waals surface area contributed by atoms with Crippen molar-refractivity contribution in [1.29, 1.82) is 0 Å². The molecule has 22 heavy (non-hydrogen) atoms. The number of carbonyl (C=O) groups is 1. The number of rotatable bonds is 6. The Labute approximate surface area is 137 Å². The van der Waals surface area contributed by atoms with E-state index in [0.29, 0.717) is 0 Å². The largest absolute Gasteiger partial charge is 0.349 e. The Kier molecular flexibility index (Phi) is 6.08. The monoisotopic (exact) mass is 313 g/mol. The van der Waals surface area contributed by atoms with E-state index in [0.717, 1.165) is 16.9 Å². The molecule has 2 nitrogen and oxygen atoms in total. The number of thioether (sulfide) groups is 1. The van der Waals surface area contributed by atoms with Crippen LogP contribution >= 0.6 is 11.8 Å². The van der Waals surface area contributed by atoms with Crippen LogP contribution in [0.2, 0.25) is 0 Å². The van der Waals surface area contributed by atoms with Gasteiger partial charge >= 0.3 is 0 Å². The maximum atomic E-state index is 12.3. The SMILES string of the molecule is CCc1ccc([C@H](C)NC(=O)[C@@H](C)Sc2ccccc2)cc1. The van der Waals surface area contributed by atoms with Crippen LogP contribution in [0.5, 0.6) is 0 Å². The third kappa shape index (κ3) is 4.63. The van der Waals surface area contributed by atoms with E-state index in [-0.39, 0.29) is 17.2 Å². The van der Waals surface area contributed by atoms with Gasteiger partial charge in [-0.05, 0) is 43.5 Å². The molecule has 0 unspecified atom stereocenters. The fourth-order valence-corrected chi connectivity index (χ4v) is 3.11. The van der Waals surface area contributed by atoms with Crippen molar-refractivity contribution in [3.63, 3.8) is 0 Å². The van der Waals surface area contributed by atoms with Crippen LogP contribution in [0.15, 0.2) is 59.5 Å². The van der Waals surface area contributed by atoms with Crippen LogP contribution in [0.4, 0.5) is 0 Å². The predicted octanol–water partition coefficient (Wildman–Crippen LogP) is 4.61. The molecule has 0 aliphatic heterocycles. The highest BCUT2D eigenvalue weighted by Gasteiger charge is 2.17. The maximum Gasteiger partial charge on any atom is 0.233 e. The van der Waals surface area contributed by atoms with E-state index in [2.05, 4.69) is 36.5 Å². The molecule has 2 atom stereocenters. The van der Waals surface area contributed by atoms with Crippen LogP contribution in [-0.4, -0.2) is 11.2 Å². The van der Waals surface area contributed by atoms with Gasteiger partial charge in [-0.1, -0.05) is 49.4 Å². The molecule has 0 heterocycles. The van der Waals surface area contributed by atoms with Gasteiger partial charge in [0.25, 0.3) is 0 Å². The van der Waals surface area contributed by atoms with Gasteiger partial charge in [-0.2, -0.15) is 0 Å². The zero-order valence-electron chi connectivity index (χ0n) is 13.4. The summed E-state index contributed by atoms with van der Waals surface area (Å²) < 4.78 is 0. The zero-order chi connectivity index (χ0) is 15.9. The molecule has 116 valence electrons. The van der Waals surface area contributed by atoms with E-state index in [9.17, 15) is 4.79 Å². The van der Waals surface area contributed by atoms with Crippen molar-refractivity contribution in [1.82, 2.24) is 5.32 Å². The van der Waals surface area contributed by atoms with Gasteiger partial charge in [0.05, 0.1) is 11.3 Å². The molecule has 0 bridgehead atoms. The van der Waals surface area contributed by atoms with Crippen LogP contribution in [0, 0.1) is 0 Å². The van der Waals surface area contributed by atoms with Gasteiger partial charge in [0.15, 0.2) is 0 Å². The van der Waals surface area contributed by atoms with Gasteiger partial charge in [-0.15, -0.1) is 11.8 Å². The second kappa shape index (κ2) is 8.04. The van der Waals surface area contributed by atoms with Crippen molar-refractivity contribution in [3.05, 3.63) is 65.7 Å². The molecule has 0 aliphatic carbocycles. The molecular formula is C19H23NOS. The number of carbonyl (C=O) groups excluding carboxylic acids is 1. The van der Waals surface area contributed by atoms with E-state index in [1.165, 1.54) is 5.56 Å². The number of hydrogen-bond acceptors (Lipinski definition) is 2. The third-order valence-corrected chi connectivity index (χ3v) is 4.78. The number of hydrogen-bond donors (Lipinski definition) is 1. The van der Waals surface area contributed by atoms with Crippen molar-refractivity contribution in [3.8, 4) is 0 Å². The molecule has 2 aromatic carbocycles. The lowest BCUT2D eigenvalue weighted by atomic mass is 10.0. The summed E-state index contributed by atoms with van der Waals surface area (Å²) in [6, 6.07) is 18.5. The first-order valence-electron chi connectivity index (χ1n) is 7.71. The smallest absolute Gasteiger partial charge is 0.233 e. The normalized spacial score (nSPS) is 13.4. The lowest BCUT2D eigenvalue weighted by Crippen LogP contribution is -2.33. The first-order chi connectivity index (χ1) is 10.6. The van der Waals surface area contributed by atoms with Crippen LogP contribution in [0.3, 0.4) is 0 Å². The molecule has 0 aliphatic rings. The summed E-state index contributed by atoms with van der Waals surface area (Å²) in [6.45, 7) is 6.11. The lowest BCUT2D eigenvalue weighted by Gasteiger charge is -2.18. The summed E-state index contributed by atoms with van der Waals surface area (Å²) in [5.41, 5.74) is 2.46. The van der Waals surface area contributed by atoms with Crippen LogP contribution in [0.1, 0.15) is 37.9 Å². The molecule has 0 fully saturated rings. The summed E-state index contributed by atoms with van der Waals surface area (Å²) in [7, 11) is 0. The standard InChI is InChI=1S/C19H23NOS/c1-4-16-10-12-17(13-11-16)14(2)20-19(21)15(3)22-18-8-6-5-7-9-18/h5-15H,4H2,1-3H3,(H,20,21)/t14-,15+/m0/s1. The Morgan fingerprint density at radius 2 is 1.68 bits per heavy atom. The molecule has 0 spiro atoms. The van der Waals surface area contributed by atoms with Crippen molar-refractivity contribution < 1.29 is 4.79 Å². The Morgan fingerprint density at radius 3 is 2.27 bits per heavy atom. The van der Waals surface area contributed by atoms with Crippen LogP contribution < -0.4 is 5.32 Å². The van der Waals surface area contributed by atoms with Gasteiger partial charge in [0.1, 0.15) is 0 Å². The highest BCUT2D eigenvalue weighted by molar-refractivity contribution is 8.00. The minimum Gasteiger partial charge on any atom is -0.349 e. The summed E-state index contributed by atoms with van der Waals surface area (Å²) in [6.07, 6.45) is 1.03. The van der Waals surface area contributed by atoms with E-state index < -0.39 is 0 Å². The van der Waals surface area contributed by atoms with Gasteiger partial charge in [-0.25, -0.2) is 0 Å². The first kappa shape index (κ1) is 16.6. The highest BCUT2D eigenvalue weighted by Crippen LogP contribution is 2.23. The Balaban J connectivity index is 1.92. The average molecular weight is 313 g/mol. The quantitative estimate of drug-likeness (QED) is 0.789. The second-order valence-corrected chi connectivity index (χ2v) is 6.81. The number of benzene rings is 2. The fourth-order valence-electron chi connectivity index (χ4n) is 2.21. The molecular weight excluding hydrogens is 290 g/mol. The third-order valence-electron chi connectivity index (χ3n) is 3.67. The maximum absolute atomic E-state index is 12.3. The topological polar surface area (TPSA) is 29.1 Å². The van der Waals surface area contributed by atoms with Gasteiger partial charge in [0, 0.05) is 4.90 Å². The summed E-state index contributed by atoms with van der Waals surface area (Å²) in [5, 5.41) is 2.98. The minimum atomic E-state index is -0.111. The average Bonchev–Trinajstić information content (AvgIpc) is 2.55. The molecule has 0 saturated carbocycles. The van der Waals surface area contributed by atoms with E-state index in [1.807, 2.05) is 44.2 Å². The molecule has 3 heteroatoms. The minimum absolute atomic E-state index is 0.0252. The van der Waals surface area contributed by atoms with Crippen molar-refractivity contribution >= 4 is 17.7 Å².